The average Bonchev–Trinajstić information content (AvgIpc) is 2.96. The van der Waals surface area contributed by atoms with Gasteiger partial charge in [-0.05, 0) is 90.9 Å². The lowest BCUT2D eigenvalue weighted by Gasteiger charge is -2.13. The second-order valence-corrected chi connectivity index (χ2v) is 9.95. The standard InChI is InChI=1S/C32H29NO10/c1-19-4-9-27(31(34)35)28(12-19)32(36)42-29-10-5-22(13-20(29)2)15-23-6-11-30(21(3)14-23)43-41-18-25-16-26(33(37)38)8-7-24(25)17-40-39/h4-14,16,39H,15,17-18H2,1-3H3,(H,34,35). The Morgan fingerprint density at radius 1 is 0.791 bits per heavy atom. The predicted molar refractivity (Wildman–Crippen MR) is 154 cm³/mol. The maximum absolute atomic E-state index is 12.8. The molecule has 0 aliphatic rings. The first-order valence-electron chi connectivity index (χ1n) is 13.1. The number of carboxylic acids is 1. The Balaban J connectivity index is 1.39. The lowest BCUT2D eigenvalue weighted by Crippen LogP contribution is -2.15. The summed E-state index contributed by atoms with van der Waals surface area (Å²) in [6, 6.07) is 19.6. The molecule has 0 unspecified atom stereocenters. The first kappa shape index (κ1) is 30.8. The second kappa shape index (κ2) is 13.7. The fourth-order valence-corrected chi connectivity index (χ4v) is 4.48. The van der Waals surface area contributed by atoms with Gasteiger partial charge in [-0.25, -0.2) is 14.5 Å². The number of hydrogen-bond donors (Lipinski definition) is 2. The van der Waals surface area contributed by atoms with E-state index in [0.717, 1.165) is 22.3 Å². The molecule has 0 aromatic heterocycles. The first-order chi connectivity index (χ1) is 20.5. The van der Waals surface area contributed by atoms with Crippen LogP contribution in [0.3, 0.4) is 0 Å². The summed E-state index contributed by atoms with van der Waals surface area (Å²) in [6.07, 6.45) is 0.580. The fourth-order valence-electron chi connectivity index (χ4n) is 4.48. The number of benzene rings is 4. The number of carboxylic acid groups (broad SMARTS) is 1. The van der Waals surface area contributed by atoms with Crippen molar-refractivity contribution < 1.29 is 44.3 Å². The molecule has 0 aliphatic heterocycles. The Morgan fingerprint density at radius 3 is 2.07 bits per heavy atom. The van der Waals surface area contributed by atoms with Crippen molar-refractivity contribution in [2.75, 3.05) is 0 Å². The molecule has 43 heavy (non-hydrogen) atoms. The quantitative estimate of drug-likeness (QED) is 0.0614. The Bertz CT molecular complexity index is 1680. The SMILES string of the molecule is Cc1ccc(C(=O)O)c(C(=O)Oc2ccc(Cc3ccc(OOCc4cc([N+](=O)[O-])ccc4COO)c(C)c3)cc2C)c1. The van der Waals surface area contributed by atoms with Crippen molar-refractivity contribution in [3.05, 3.63) is 133 Å². The summed E-state index contributed by atoms with van der Waals surface area (Å²) in [5.41, 5.74) is 4.90. The fraction of sp³-hybridized carbons (Fsp3) is 0.188. The van der Waals surface area contributed by atoms with Crippen molar-refractivity contribution in [1.82, 2.24) is 0 Å². The molecule has 4 aromatic carbocycles. The summed E-state index contributed by atoms with van der Waals surface area (Å²) < 4.78 is 5.54. The van der Waals surface area contributed by atoms with Crippen LogP contribution in [0.4, 0.5) is 5.69 Å². The van der Waals surface area contributed by atoms with Gasteiger partial charge in [0, 0.05) is 12.1 Å². The minimum absolute atomic E-state index is 0.0116. The smallest absolute Gasteiger partial charge is 0.344 e. The van der Waals surface area contributed by atoms with Gasteiger partial charge in [0.2, 0.25) is 0 Å². The number of aromatic carboxylic acids is 1. The van der Waals surface area contributed by atoms with Gasteiger partial charge in [0.05, 0.1) is 16.1 Å². The van der Waals surface area contributed by atoms with E-state index in [9.17, 15) is 24.8 Å². The lowest BCUT2D eigenvalue weighted by atomic mass is 10.0. The van der Waals surface area contributed by atoms with Gasteiger partial charge in [-0.1, -0.05) is 35.9 Å². The number of rotatable bonds is 12. The van der Waals surface area contributed by atoms with Crippen molar-refractivity contribution in [1.29, 1.82) is 0 Å². The minimum Gasteiger partial charge on any atom is -0.478 e. The molecular formula is C32H29NO10. The Labute approximate surface area is 246 Å². The van der Waals surface area contributed by atoms with Crippen LogP contribution in [0.5, 0.6) is 11.5 Å². The van der Waals surface area contributed by atoms with Crippen molar-refractivity contribution in [2.45, 2.75) is 40.4 Å². The summed E-state index contributed by atoms with van der Waals surface area (Å²) in [5.74, 6) is -1.15. The topological polar surface area (TPSA) is 155 Å². The molecule has 222 valence electrons. The van der Waals surface area contributed by atoms with E-state index in [-0.39, 0.29) is 30.0 Å². The molecule has 0 fully saturated rings. The molecular weight excluding hydrogens is 558 g/mol. The molecule has 2 N–H and O–H groups in total. The van der Waals surface area contributed by atoms with Gasteiger partial charge in [-0.2, -0.15) is 4.89 Å². The van der Waals surface area contributed by atoms with Crippen molar-refractivity contribution >= 4 is 17.6 Å². The third-order valence-corrected chi connectivity index (χ3v) is 6.70. The van der Waals surface area contributed by atoms with Crippen LogP contribution in [-0.2, 0) is 29.4 Å². The Morgan fingerprint density at radius 2 is 1.47 bits per heavy atom. The van der Waals surface area contributed by atoms with Crippen LogP contribution in [0.25, 0.3) is 0 Å². The van der Waals surface area contributed by atoms with Crippen LogP contribution in [0, 0.1) is 30.9 Å². The predicted octanol–water partition coefficient (Wildman–Crippen LogP) is 6.53. The van der Waals surface area contributed by atoms with E-state index >= 15 is 0 Å². The summed E-state index contributed by atoms with van der Waals surface area (Å²) in [4.78, 5) is 49.9. The van der Waals surface area contributed by atoms with Crippen molar-refractivity contribution in [3.8, 4) is 11.5 Å². The molecule has 4 aromatic rings. The number of nitro benzene ring substituents is 1. The first-order valence-corrected chi connectivity index (χ1v) is 13.1. The largest absolute Gasteiger partial charge is 0.478 e. The molecule has 0 aliphatic carbocycles. The lowest BCUT2D eigenvalue weighted by molar-refractivity contribution is -0.385. The number of ether oxygens (including phenoxy) is 1. The van der Waals surface area contributed by atoms with Gasteiger partial charge < -0.3 is 14.7 Å². The van der Waals surface area contributed by atoms with Crippen LogP contribution in [0.1, 0.15) is 59.7 Å². The van der Waals surface area contributed by atoms with Gasteiger partial charge in [-0.15, -0.1) is 0 Å². The Kier molecular flexibility index (Phi) is 9.83. The molecule has 0 spiro atoms. The van der Waals surface area contributed by atoms with E-state index < -0.39 is 16.9 Å². The molecule has 0 saturated carbocycles. The number of carbonyl (C=O) groups excluding carboxylic acids is 1. The summed E-state index contributed by atoms with van der Waals surface area (Å²) >= 11 is 0. The molecule has 0 saturated heterocycles. The van der Waals surface area contributed by atoms with E-state index in [2.05, 4.69) is 4.89 Å². The van der Waals surface area contributed by atoms with Gasteiger partial charge in [0.1, 0.15) is 19.0 Å². The highest BCUT2D eigenvalue weighted by Crippen LogP contribution is 2.26. The summed E-state index contributed by atoms with van der Waals surface area (Å²) in [6.45, 7) is 5.15. The zero-order valence-electron chi connectivity index (χ0n) is 23.7. The number of hydrogen-bond acceptors (Lipinski definition) is 9. The third-order valence-electron chi connectivity index (χ3n) is 6.70. The van der Waals surface area contributed by atoms with Gasteiger partial charge in [0.25, 0.3) is 5.69 Å². The van der Waals surface area contributed by atoms with E-state index in [4.69, 9.17) is 19.8 Å². The van der Waals surface area contributed by atoms with Gasteiger partial charge in [-0.3, -0.25) is 15.4 Å². The summed E-state index contributed by atoms with van der Waals surface area (Å²) in [7, 11) is 0. The van der Waals surface area contributed by atoms with E-state index in [1.54, 1.807) is 32.0 Å². The van der Waals surface area contributed by atoms with E-state index in [0.29, 0.717) is 34.6 Å². The zero-order valence-corrected chi connectivity index (χ0v) is 23.7. The number of carbonyl (C=O) groups is 2. The normalized spacial score (nSPS) is 10.8. The second-order valence-electron chi connectivity index (χ2n) is 9.95. The highest BCUT2D eigenvalue weighted by Gasteiger charge is 2.19. The number of nitrogens with zero attached hydrogens (tertiary/aromatic N) is 1. The molecule has 0 amide bonds. The maximum atomic E-state index is 12.8. The number of aryl methyl sites for hydroxylation is 3. The Hall–Kier alpha value is -5.10. The number of nitro groups is 1. The summed E-state index contributed by atoms with van der Waals surface area (Å²) in [5, 5.41) is 29.3. The molecule has 0 radical (unpaired) electrons. The van der Waals surface area contributed by atoms with Crippen molar-refractivity contribution in [3.63, 3.8) is 0 Å². The van der Waals surface area contributed by atoms with Crippen LogP contribution < -0.4 is 9.62 Å². The van der Waals surface area contributed by atoms with Gasteiger partial charge >= 0.3 is 11.9 Å². The number of esters is 1. The molecule has 4 rings (SSSR count). The van der Waals surface area contributed by atoms with Crippen LogP contribution in [-0.4, -0.2) is 27.2 Å². The van der Waals surface area contributed by atoms with Gasteiger partial charge in [0.15, 0.2) is 5.75 Å². The highest BCUT2D eigenvalue weighted by atomic mass is 17.2. The minimum atomic E-state index is -1.21. The average molecular weight is 588 g/mol. The molecule has 11 nitrogen and oxygen atoms in total. The van der Waals surface area contributed by atoms with E-state index in [1.807, 2.05) is 31.2 Å². The van der Waals surface area contributed by atoms with Crippen LogP contribution in [0.15, 0.2) is 72.8 Å². The monoisotopic (exact) mass is 587 g/mol. The van der Waals surface area contributed by atoms with Crippen LogP contribution >= 0.6 is 0 Å². The maximum Gasteiger partial charge on any atom is 0.344 e. The highest BCUT2D eigenvalue weighted by molar-refractivity contribution is 6.03. The molecule has 0 atom stereocenters. The van der Waals surface area contributed by atoms with Crippen molar-refractivity contribution in [2.24, 2.45) is 0 Å². The number of non-ortho nitro benzene ring substituents is 1. The third kappa shape index (κ3) is 7.80. The molecule has 11 heteroatoms. The zero-order chi connectivity index (χ0) is 31.1. The van der Waals surface area contributed by atoms with Crippen LogP contribution in [0.2, 0.25) is 0 Å². The molecule has 0 heterocycles. The molecule has 0 bridgehead atoms. The van der Waals surface area contributed by atoms with E-state index in [1.165, 1.54) is 30.3 Å².